The van der Waals surface area contributed by atoms with Crippen LogP contribution in [0.3, 0.4) is 0 Å². The molecule has 8 heteroatoms. The summed E-state index contributed by atoms with van der Waals surface area (Å²) in [5.74, 6) is -3.96. The molecule has 1 rings (SSSR count). The first-order valence-corrected chi connectivity index (χ1v) is 3.78. The van der Waals surface area contributed by atoms with Gasteiger partial charge in [-0.15, -0.1) is 0 Å². The highest BCUT2D eigenvalue weighted by molar-refractivity contribution is 6.08. The molecule has 14 heavy (non-hydrogen) atoms. The largest absolute Gasteiger partial charge is 0.538 e. The Kier molecular flexibility index (Phi) is 2.83. The number of rotatable bonds is 3. The predicted molar refractivity (Wildman–Crippen MR) is 44.6 cm³/mol. The molecule has 0 spiro atoms. The van der Waals surface area contributed by atoms with Gasteiger partial charge in [0, 0.05) is 6.92 Å². The summed E-state index contributed by atoms with van der Waals surface area (Å²) < 4.78 is 30.3. The van der Waals surface area contributed by atoms with Gasteiger partial charge in [-0.3, -0.25) is 0 Å². The fourth-order valence-corrected chi connectivity index (χ4v) is 0.892. The molecular formula is C6H8BF2N3O2. The Bertz CT molecular complexity index is 336. The summed E-state index contributed by atoms with van der Waals surface area (Å²) in [6, 6.07) is 0. The Morgan fingerprint density at radius 1 is 1.79 bits per heavy atom. The molecule has 0 fully saturated rings. The molecule has 0 bridgehead atoms. The van der Waals surface area contributed by atoms with Crippen LogP contribution in [-0.4, -0.2) is 34.7 Å². The minimum absolute atomic E-state index is 0.228. The maximum absolute atomic E-state index is 12.6. The van der Waals surface area contributed by atoms with E-state index in [9.17, 15) is 13.6 Å². The van der Waals surface area contributed by atoms with Crippen LogP contribution < -0.4 is 0 Å². The zero-order valence-corrected chi connectivity index (χ0v) is 7.70. The summed E-state index contributed by atoms with van der Waals surface area (Å²) in [5, 5.41) is 3.50. The van der Waals surface area contributed by atoms with Crippen LogP contribution in [0.15, 0.2) is 6.33 Å². The van der Waals surface area contributed by atoms with Crippen molar-refractivity contribution in [1.29, 1.82) is 0 Å². The van der Waals surface area contributed by atoms with Crippen molar-refractivity contribution in [2.24, 2.45) is 0 Å². The number of nitrogens with zero attached hydrogens (tertiary/aromatic N) is 3. The van der Waals surface area contributed by atoms with Crippen molar-refractivity contribution in [3.05, 3.63) is 12.2 Å². The number of hydrogen-bond acceptors (Lipinski definition) is 4. The van der Waals surface area contributed by atoms with Gasteiger partial charge in [-0.25, -0.2) is 23.2 Å². The van der Waals surface area contributed by atoms with Gasteiger partial charge in [0.1, 0.15) is 12.9 Å². The molecule has 1 heterocycles. The third-order valence-electron chi connectivity index (χ3n) is 1.41. The lowest BCUT2D eigenvalue weighted by molar-refractivity contribution is -0.000462. The Morgan fingerprint density at radius 3 is 2.93 bits per heavy atom. The summed E-state index contributed by atoms with van der Waals surface area (Å²) in [6.07, 6.45) is 1.03. The third-order valence-corrected chi connectivity index (χ3v) is 1.41. The Balaban J connectivity index is 2.88. The average molecular weight is 203 g/mol. The van der Waals surface area contributed by atoms with Crippen molar-refractivity contribution in [3.63, 3.8) is 0 Å². The third kappa shape index (κ3) is 2.51. The molecule has 5 nitrogen and oxygen atoms in total. The standard InChI is InChI=1S/C6H8BF2N3O2/c1-6(8,9)2-12-4(5(13)14-7)10-3-11-12/h3H,2,7H2,1H3. The fourth-order valence-electron chi connectivity index (χ4n) is 0.892. The van der Waals surface area contributed by atoms with Crippen LogP contribution in [0.2, 0.25) is 0 Å². The number of hydrogen-bond donors (Lipinski definition) is 0. The van der Waals surface area contributed by atoms with Crippen molar-refractivity contribution in [2.75, 3.05) is 0 Å². The lowest BCUT2D eigenvalue weighted by Crippen LogP contribution is -2.24. The zero-order chi connectivity index (χ0) is 10.8. The smallest absolute Gasteiger partial charge is 0.358 e. The number of carbonyl (C=O) groups excluding carboxylic acids is 1. The highest BCUT2D eigenvalue weighted by Crippen LogP contribution is 2.14. The minimum atomic E-state index is -2.95. The van der Waals surface area contributed by atoms with E-state index in [-0.39, 0.29) is 5.82 Å². The van der Waals surface area contributed by atoms with E-state index in [1.54, 1.807) is 0 Å². The van der Waals surface area contributed by atoms with E-state index in [1.807, 2.05) is 0 Å². The molecule has 0 N–H and O–H groups in total. The topological polar surface area (TPSA) is 57.0 Å². The van der Waals surface area contributed by atoms with E-state index in [0.717, 1.165) is 26.0 Å². The van der Waals surface area contributed by atoms with E-state index in [4.69, 9.17) is 0 Å². The van der Waals surface area contributed by atoms with Crippen molar-refractivity contribution >= 4 is 14.0 Å². The van der Waals surface area contributed by atoms with Crippen LogP contribution >= 0.6 is 0 Å². The van der Waals surface area contributed by atoms with Gasteiger partial charge in [-0.1, -0.05) is 0 Å². The number of aromatic nitrogens is 3. The maximum Gasteiger partial charge on any atom is 0.358 e. The van der Waals surface area contributed by atoms with Gasteiger partial charge < -0.3 is 4.65 Å². The first kappa shape index (κ1) is 10.6. The van der Waals surface area contributed by atoms with Gasteiger partial charge in [0.15, 0.2) is 0 Å². The molecule has 1 aromatic heterocycles. The molecule has 0 aromatic carbocycles. The Hall–Kier alpha value is -1.47. The fraction of sp³-hybridized carbons (Fsp3) is 0.500. The minimum Gasteiger partial charge on any atom is -0.538 e. The van der Waals surface area contributed by atoms with Crippen molar-refractivity contribution in [2.45, 2.75) is 19.4 Å². The van der Waals surface area contributed by atoms with E-state index in [0.29, 0.717) is 0 Å². The van der Waals surface area contributed by atoms with Gasteiger partial charge in [-0.05, 0) is 0 Å². The molecule has 0 unspecified atom stereocenters. The lowest BCUT2D eigenvalue weighted by atomic mass is 10.4. The van der Waals surface area contributed by atoms with Crippen LogP contribution in [0.4, 0.5) is 8.78 Å². The molecule has 1 aromatic rings. The quantitative estimate of drug-likeness (QED) is 0.629. The van der Waals surface area contributed by atoms with Gasteiger partial charge in [0.2, 0.25) is 5.82 Å². The maximum atomic E-state index is 12.6. The molecule has 0 atom stereocenters. The summed E-state index contributed by atoms with van der Waals surface area (Å²) >= 11 is 0. The molecule has 0 aliphatic heterocycles. The van der Waals surface area contributed by atoms with Crippen LogP contribution in [-0.2, 0) is 11.2 Å². The van der Waals surface area contributed by atoms with Gasteiger partial charge in [-0.2, -0.15) is 5.10 Å². The second kappa shape index (κ2) is 3.73. The first-order chi connectivity index (χ1) is 6.44. The summed E-state index contributed by atoms with van der Waals surface area (Å²) in [5.41, 5.74) is 0. The monoisotopic (exact) mass is 203 g/mol. The highest BCUT2D eigenvalue weighted by Gasteiger charge is 2.26. The Labute approximate surface area is 79.5 Å². The summed E-state index contributed by atoms with van der Waals surface area (Å²) in [4.78, 5) is 14.5. The number of alkyl halides is 2. The van der Waals surface area contributed by atoms with Crippen molar-refractivity contribution in [1.82, 2.24) is 14.8 Å². The van der Waals surface area contributed by atoms with Crippen LogP contribution in [0.5, 0.6) is 0 Å². The summed E-state index contributed by atoms with van der Waals surface area (Å²) in [6.45, 7) is 0.0349. The van der Waals surface area contributed by atoms with Gasteiger partial charge >= 0.3 is 14.0 Å². The number of carbonyl (C=O) groups is 1. The molecular weight excluding hydrogens is 195 g/mol. The molecule has 76 valence electrons. The molecule has 0 saturated heterocycles. The van der Waals surface area contributed by atoms with Crippen LogP contribution in [0, 0.1) is 0 Å². The van der Waals surface area contributed by atoms with E-state index in [2.05, 4.69) is 14.7 Å². The van der Waals surface area contributed by atoms with Crippen molar-refractivity contribution in [3.8, 4) is 0 Å². The van der Waals surface area contributed by atoms with Gasteiger partial charge in [0.05, 0.1) is 0 Å². The van der Waals surface area contributed by atoms with Crippen molar-refractivity contribution < 1.29 is 18.2 Å². The highest BCUT2D eigenvalue weighted by atomic mass is 19.3. The Morgan fingerprint density at radius 2 is 2.43 bits per heavy atom. The lowest BCUT2D eigenvalue weighted by Gasteiger charge is -2.10. The molecule has 0 aliphatic rings. The predicted octanol–water partition coefficient (Wildman–Crippen LogP) is -0.362. The van der Waals surface area contributed by atoms with E-state index < -0.39 is 18.4 Å². The summed E-state index contributed by atoms with van der Waals surface area (Å²) in [7, 11) is 1.14. The SMILES string of the molecule is BOC(=O)c1ncnn1CC(C)(F)F. The molecule has 0 saturated carbocycles. The van der Waals surface area contributed by atoms with Crippen LogP contribution in [0.25, 0.3) is 0 Å². The van der Waals surface area contributed by atoms with Gasteiger partial charge in [0.25, 0.3) is 5.92 Å². The second-order valence-corrected chi connectivity index (χ2v) is 2.80. The normalized spacial score (nSPS) is 11.4. The van der Waals surface area contributed by atoms with E-state index >= 15 is 0 Å². The molecule has 0 radical (unpaired) electrons. The second-order valence-electron chi connectivity index (χ2n) is 2.80. The first-order valence-electron chi connectivity index (χ1n) is 3.78. The number of halogens is 2. The van der Waals surface area contributed by atoms with E-state index in [1.165, 1.54) is 0 Å². The van der Waals surface area contributed by atoms with Crippen LogP contribution in [0.1, 0.15) is 17.5 Å². The average Bonchev–Trinajstić information content (AvgIpc) is 2.48. The zero-order valence-electron chi connectivity index (χ0n) is 7.70. The molecule has 0 aliphatic carbocycles. The molecule has 0 amide bonds.